The predicted molar refractivity (Wildman–Crippen MR) is 190 cm³/mol. The molecule has 5 rings (SSSR count). The summed E-state index contributed by atoms with van der Waals surface area (Å²) in [6.45, 7) is 14.3. The molecule has 4 aliphatic carbocycles. The van der Waals surface area contributed by atoms with Crippen molar-refractivity contribution in [2.24, 2.45) is 39.9 Å². The molecule has 0 heterocycles. The minimum absolute atomic E-state index is 0.00338. The summed E-state index contributed by atoms with van der Waals surface area (Å²) in [4.78, 5) is 40.3. The van der Waals surface area contributed by atoms with Gasteiger partial charge in [0, 0.05) is 34.5 Å². The van der Waals surface area contributed by atoms with E-state index >= 15 is 0 Å². The van der Waals surface area contributed by atoms with E-state index in [4.69, 9.17) is 14.7 Å². The summed E-state index contributed by atoms with van der Waals surface area (Å²) in [5, 5.41) is 20.6. The first-order valence-corrected chi connectivity index (χ1v) is 20.4. The van der Waals surface area contributed by atoms with Gasteiger partial charge in [0.05, 0.1) is 40.9 Å². The van der Waals surface area contributed by atoms with Crippen molar-refractivity contribution in [3.8, 4) is 6.07 Å². The SMILES string of the molecule is C=C[C@]1(C)C[C@@H](OC(=O)CS[C@@H]2CC[C@H](C(=O)OCC)C[C@H]2NS(=O)(=O)c2ccc(C#N)cc2)[C@]2(C)[C@H](C)CC[C@]3(CCC(=O)[C@H]32)[C@@H](C)[C@@H]1O. The van der Waals surface area contributed by atoms with Gasteiger partial charge in [-0.15, -0.1) is 18.3 Å². The molecule has 0 saturated heterocycles. The Morgan fingerprint density at radius 1 is 1.16 bits per heavy atom. The molecule has 0 aliphatic heterocycles. The van der Waals surface area contributed by atoms with Crippen molar-refractivity contribution in [3.63, 3.8) is 0 Å². The molecule has 4 fully saturated rings. The van der Waals surface area contributed by atoms with Crippen molar-refractivity contribution in [1.82, 2.24) is 4.72 Å². The smallest absolute Gasteiger partial charge is 0.316 e. The maximum absolute atomic E-state index is 13.9. The molecular formula is C38H52N2O8S2. The Kier molecular flexibility index (Phi) is 11.3. The van der Waals surface area contributed by atoms with Crippen LogP contribution in [-0.2, 0) is 33.9 Å². The number of hydrogen-bond acceptors (Lipinski definition) is 10. The lowest BCUT2D eigenvalue weighted by atomic mass is 9.44. The number of sulfonamides is 1. The van der Waals surface area contributed by atoms with Gasteiger partial charge in [0.1, 0.15) is 11.9 Å². The fourth-order valence-corrected chi connectivity index (χ4v) is 12.3. The number of nitriles is 1. The van der Waals surface area contributed by atoms with E-state index in [-0.39, 0.29) is 63.8 Å². The number of ether oxygens (including phenoxy) is 2. The van der Waals surface area contributed by atoms with Crippen LogP contribution in [-0.4, -0.2) is 67.1 Å². The quantitative estimate of drug-likeness (QED) is 0.230. The standard InChI is InChI=1S/C38H52N2O8S2/c1-7-36(5)20-31(37(6)23(3)15-17-38(24(4)34(36)43)18-16-29(41)33(37)38)48-32(42)22-49-30-14-11-26(35(44)47-8-2)19-28(30)40-50(45,46)27-12-9-25(21-39)10-13-27/h7,9-10,12-13,23-24,26,28,30-31,33-34,40,43H,1,8,11,14-20,22H2,2-6H3/t23-,24+,26+,28-,30-,31-,33+,34+,36-,37+,38+/m1/s1. The zero-order valence-corrected chi connectivity index (χ0v) is 31.5. The maximum Gasteiger partial charge on any atom is 0.316 e. The van der Waals surface area contributed by atoms with Crippen LogP contribution < -0.4 is 4.72 Å². The van der Waals surface area contributed by atoms with Crippen LogP contribution in [0.25, 0.3) is 0 Å². The predicted octanol–water partition coefficient (Wildman–Crippen LogP) is 5.58. The van der Waals surface area contributed by atoms with Gasteiger partial charge in [-0.3, -0.25) is 14.4 Å². The topological polar surface area (TPSA) is 160 Å². The molecular weight excluding hydrogens is 677 g/mol. The number of carbonyl (C=O) groups excluding carboxylic acids is 3. The number of ketones is 1. The summed E-state index contributed by atoms with van der Waals surface area (Å²) in [5.41, 5.74) is -1.43. The third kappa shape index (κ3) is 6.92. The summed E-state index contributed by atoms with van der Waals surface area (Å²) in [7, 11) is -4.02. The largest absolute Gasteiger partial charge is 0.466 e. The number of aliphatic hydroxyl groups is 1. The molecule has 0 unspecified atom stereocenters. The highest BCUT2D eigenvalue weighted by molar-refractivity contribution is 8.00. The lowest BCUT2D eigenvalue weighted by molar-refractivity contribution is -0.205. The Balaban J connectivity index is 1.37. The molecule has 2 N–H and O–H groups in total. The highest BCUT2D eigenvalue weighted by atomic mass is 32.2. The second kappa shape index (κ2) is 14.7. The number of benzene rings is 1. The van der Waals surface area contributed by atoms with Crippen molar-refractivity contribution in [3.05, 3.63) is 42.5 Å². The highest BCUT2D eigenvalue weighted by Gasteiger charge is 2.68. The zero-order valence-electron chi connectivity index (χ0n) is 29.9. The molecule has 1 aromatic carbocycles. The van der Waals surface area contributed by atoms with Crippen molar-refractivity contribution in [2.75, 3.05) is 12.4 Å². The third-order valence-corrected chi connectivity index (χ3v) is 15.9. The van der Waals surface area contributed by atoms with Crippen LogP contribution >= 0.6 is 11.8 Å². The highest BCUT2D eigenvalue weighted by Crippen LogP contribution is 2.68. The second-order valence-corrected chi connectivity index (χ2v) is 18.5. The van der Waals surface area contributed by atoms with Crippen LogP contribution in [0.2, 0.25) is 0 Å². The van der Waals surface area contributed by atoms with E-state index in [2.05, 4.69) is 32.1 Å². The normalized spacial score (nSPS) is 38.5. The van der Waals surface area contributed by atoms with Gasteiger partial charge in [0.2, 0.25) is 10.0 Å². The number of aliphatic hydroxyl groups excluding tert-OH is 1. The van der Waals surface area contributed by atoms with Crippen molar-refractivity contribution in [2.45, 2.75) is 114 Å². The number of esters is 2. The molecule has 11 atom stereocenters. The molecule has 4 saturated carbocycles. The van der Waals surface area contributed by atoms with Gasteiger partial charge in [-0.2, -0.15) is 5.26 Å². The molecule has 4 aliphatic rings. The van der Waals surface area contributed by atoms with E-state index in [0.29, 0.717) is 31.2 Å². The van der Waals surface area contributed by atoms with Gasteiger partial charge >= 0.3 is 11.9 Å². The molecule has 2 bridgehead atoms. The Labute approximate surface area is 301 Å². The molecule has 0 radical (unpaired) electrons. The fraction of sp³-hybridized carbons (Fsp3) is 0.684. The number of thioether (sulfide) groups is 1. The fourth-order valence-electron chi connectivity index (χ4n) is 9.79. The van der Waals surface area contributed by atoms with Crippen molar-refractivity contribution >= 4 is 39.5 Å². The van der Waals surface area contributed by atoms with Crippen LogP contribution in [0.1, 0.15) is 91.5 Å². The number of hydrogen-bond donors (Lipinski definition) is 2. The molecule has 0 aromatic heterocycles. The first-order valence-electron chi connectivity index (χ1n) is 17.9. The number of nitrogens with one attached hydrogen (secondary N) is 1. The lowest BCUT2D eigenvalue weighted by Crippen LogP contribution is -2.63. The Morgan fingerprint density at radius 3 is 2.50 bits per heavy atom. The number of carbonyl (C=O) groups is 3. The molecule has 1 aromatic rings. The van der Waals surface area contributed by atoms with E-state index in [0.717, 1.165) is 19.3 Å². The summed E-state index contributed by atoms with van der Waals surface area (Å²) < 4.78 is 41.4. The van der Waals surface area contributed by atoms with Crippen LogP contribution in [0.15, 0.2) is 41.8 Å². The Bertz CT molecular complexity index is 1630. The van der Waals surface area contributed by atoms with E-state index in [9.17, 15) is 27.9 Å². The van der Waals surface area contributed by atoms with Gasteiger partial charge in [-0.05, 0) is 93.4 Å². The second-order valence-electron chi connectivity index (χ2n) is 15.5. The third-order valence-electron chi connectivity index (χ3n) is 13.0. The lowest BCUT2D eigenvalue weighted by Gasteiger charge is -2.61. The van der Waals surface area contributed by atoms with E-state index in [1.165, 1.54) is 36.0 Å². The first kappa shape index (κ1) is 38.5. The molecule has 50 heavy (non-hydrogen) atoms. The van der Waals surface area contributed by atoms with Gasteiger partial charge in [-0.1, -0.05) is 33.8 Å². The molecule has 274 valence electrons. The molecule has 12 heteroatoms. The van der Waals surface area contributed by atoms with Gasteiger partial charge in [-0.25, -0.2) is 13.1 Å². The number of nitrogens with zero attached hydrogens (tertiary/aromatic N) is 1. The van der Waals surface area contributed by atoms with Gasteiger partial charge in [0.25, 0.3) is 0 Å². The molecule has 10 nitrogen and oxygen atoms in total. The van der Waals surface area contributed by atoms with Crippen molar-refractivity contribution < 1.29 is 37.4 Å². The Hall–Kier alpha value is -2.72. The van der Waals surface area contributed by atoms with E-state index < -0.39 is 51.0 Å². The summed E-state index contributed by atoms with van der Waals surface area (Å²) in [6, 6.07) is 6.91. The number of Topliss-reactive ketones (excluding diaryl/α,β-unsaturated/α-hetero) is 1. The average Bonchev–Trinajstić information content (AvgIpc) is 3.45. The summed E-state index contributed by atoms with van der Waals surface area (Å²) >= 11 is 1.30. The minimum Gasteiger partial charge on any atom is -0.466 e. The summed E-state index contributed by atoms with van der Waals surface area (Å²) in [5.74, 6) is -1.57. The van der Waals surface area contributed by atoms with E-state index in [1.54, 1.807) is 13.0 Å². The van der Waals surface area contributed by atoms with Crippen LogP contribution in [0.3, 0.4) is 0 Å². The molecule has 0 amide bonds. The Morgan fingerprint density at radius 2 is 1.86 bits per heavy atom. The van der Waals surface area contributed by atoms with Crippen LogP contribution in [0.4, 0.5) is 0 Å². The first-order chi connectivity index (χ1) is 23.6. The van der Waals surface area contributed by atoms with Gasteiger partial charge < -0.3 is 14.6 Å². The monoisotopic (exact) mass is 728 g/mol. The maximum atomic E-state index is 13.9. The number of rotatable bonds is 10. The summed E-state index contributed by atoms with van der Waals surface area (Å²) in [6.07, 6.45) is 4.75. The van der Waals surface area contributed by atoms with Crippen molar-refractivity contribution in [1.29, 1.82) is 5.26 Å². The van der Waals surface area contributed by atoms with E-state index in [1.807, 2.05) is 13.0 Å². The minimum atomic E-state index is -4.02. The van der Waals surface area contributed by atoms with Crippen LogP contribution in [0, 0.1) is 51.2 Å². The van der Waals surface area contributed by atoms with Crippen LogP contribution in [0.5, 0.6) is 0 Å². The zero-order chi connectivity index (χ0) is 36.6. The molecule has 0 spiro atoms. The van der Waals surface area contributed by atoms with Gasteiger partial charge in [0.15, 0.2) is 0 Å². The average molecular weight is 729 g/mol.